The Morgan fingerprint density at radius 1 is 0.625 bits per heavy atom. The molecule has 0 saturated carbocycles. The van der Waals surface area contributed by atoms with Crippen LogP contribution in [0.5, 0.6) is 0 Å². The predicted molar refractivity (Wildman–Crippen MR) is 98.0 cm³/mol. The Morgan fingerprint density at radius 3 is 1.79 bits per heavy atom. The van der Waals surface area contributed by atoms with Crippen LogP contribution in [-0.2, 0) is 6.42 Å². The maximum absolute atomic E-state index is 4.80. The van der Waals surface area contributed by atoms with E-state index in [0.29, 0.717) is 0 Å². The first kappa shape index (κ1) is 14.6. The number of fused-ring (bicyclic) bond motifs is 1. The van der Waals surface area contributed by atoms with Crippen molar-refractivity contribution in [2.24, 2.45) is 0 Å². The molecule has 0 aliphatic carbocycles. The van der Waals surface area contributed by atoms with Crippen molar-refractivity contribution in [2.45, 2.75) is 12.3 Å². The second-order valence-corrected chi connectivity index (χ2v) is 5.93. The molecular formula is C22H18N2. The van der Waals surface area contributed by atoms with Gasteiger partial charge in [0, 0.05) is 18.5 Å². The molecule has 3 aromatic carbocycles. The molecule has 0 fully saturated rings. The highest BCUT2D eigenvalue weighted by molar-refractivity contribution is 5.73. The van der Waals surface area contributed by atoms with E-state index in [-0.39, 0.29) is 5.92 Å². The molecule has 0 spiro atoms. The van der Waals surface area contributed by atoms with E-state index in [4.69, 9.17) is 4.98 Å². The first-order valence-corrected chi connectivity index (χ1v) is 8.21. The third-order valence-corrected chi connectivity index (χ3v) is 4.32. The van der Waals surface area contributed by atoms with Gasteiger partial charge in [-0.1, -0.05) is 72.8 Å². The molecule has 0 unspecified atom stereocenters. The SMILES string of the molecule is c1ccc(C(Cc2cnc3ccccc3n2)c2ccccc2)cc1. The standard InChI is InChI=1S/C22H18N2/c1-3-9-17(10-4-1)20(18-11-5-2-6-12-18)15-19-16-23-21-13-7-8-14-22(21)24-19/h1-14,16,20H,15H2. The van der Waals surface area contributed by atoms with Gasteiger partial charge in [0.2, 0.25) is 0 Å². The van der Waals surface area contributed by atoms with Crippen LogP contribution in [0.1, 0.15) is 22.7 Å². The topological polar surface area (TPSA) is 25.8 Å². The molecule has 0 bridgehead atoms. The van der Waals surface area contributed by atoms with Gasteiger partial charge in [-0.3, -0.25) is 4.98 Å². The molecule has 0 atom stereocenters. The third-order valence-electron chi connectivity index (χ3n) is 4.32. The number of para-hydroxylation sites is 2. The minimum absolute atomic E-state index is 0.280. The number of hydrogen-bond acceptors (Lipinski definition) is 2. The molecule has 1 aromatic heterocycles. The number of aromatic nitrogens is 2. The van der Waals surface area contributed by atoms with Gasteiger partial charge in [-0.2, -0.15) is 0 Å². The van der Waals surface area contributed by atoms with E-state index in [0.717, 1.165) is 23.1 Å². The molecule has 2 nitrogen and oxygen atoms in total. The highest BCUT2D eigenvalue weighted by Crippen LogP contribution is 2.28. The summed E-state index contributed by atoms with van der Waals surface area (Å²) in [5.41, 5.74) is 5.52. The fourth-order valence-corrected chi connectivity index (χ4v) is 3.10. The molecule has 0 N–H and O–H groups in total. The molecule has 0 amide bonds. The van der Waals surface area contributed by atoms with Gasteiger partial charge in [0.1, 0.15) is 0 Å². The van der Waals surface area contributed by atoms with Crippen LogP contribution in [0.3, 0.4) is 0 Å². The first-order chi connectivity index (χ1) is 11.9. The quantitative estimate of drug-likeness (QED) is 0.530. The van der Waals surface area contributed by atoms with Crippen LogP contribution < -0.4 is 0 Å². The zero-order chi connectivity index (χ0) is 16.2. The Morgan fingerprint density at radius 2 is 1.17 bits per heavy atom. The normalized spacial score (nSPS) is 11.0. The van der Waals surface area contributed by atoms with Crippen molar-refractivity contribution in [3.05, 3.63) is 108 Å². The van der Waals surface area contributed by atoms with E-state index in [1.807, 2.05) is 30.5 Å². The van der Waals surface area contributed by atoms with E-state index in [9.17, 15) is 0 Å². The van der Waals surface area contributed by atoms with E-state index in [1.54, 1.807) is 0 Å². The van der Waals surface area contributed by atoms with Crippen LogP contribution in [0.15, 0.2) is 91.1 Å². The Kier molecular flexibility index (Phi) is 4.03. The van der Waals surface area contributed by atoms with Crippen molar-refractivity contribution in [1.29, 1.82) is 0 Å². The summed E-state index contributed by atoms with van der Waals surface area (Å²) in [7, 11) is 0. The van der Waals surface area contributed by atoms with Crippen molar-refractivity contribution in [3.63, 3.8) is 0 Å². The molecule has 4 rings (SSSR count). The molecule has 2 heteroatoms. The van der Waals surface area contributed by atoms with E-state index in [2.05, 4.69) is 65.6 Å². The summed E-state index contributed by atoms with van der Waals surface area (Å²) in [6, 6.07) is 29.3. The van der Waals surface area contributed by atoms with Gasteiger partial charge in [0.25, 0.3) is 0 Å². The van der Waals surface area contributed by atoms with Gasteiger partial charge in [0.05, 0.1) is 16.7 Å². The summed E-state index contributed by atoms with van der Waals surface area (Å²) >= 11 is 0. The molecule has 0 aliphatic heterocycles. The third kappa shape index (κ3) is 3.04. The van der Waals surface area contributed by atoms with Crippen molar-refractivity contribution in [3.8, 4) is 0 Å². The molecule has 1 heterocycles. The van der Waals surface area contributed by atoms with Crippen LogP contribution in [0.4, 0.5) is 0 Å². The number of rotatable bonds is 4. The Bertz CT molecular complexity index is 894. The predicted octanol–water partition coefficient (Wildman–Crippen LogP) is 5.00. The van der Waals surface area contributed by atoms with E-state index >= 15 is 0 Å². The Balaban J connectivity index is 1.73. The number of nitrogens with zero attached hydrogens (tertiary/aromatic N) is 2. The van der Waals surface area contributed by atoms with E-state index < -0.39 is 0 Å². The maximum Gasteiger partial charge on any atom is 0.0890 e. The van der Waals surface area contributed by atoms with Gasteiger partial charge in [-0.15, -0.1) is 0 Å². The van der Waals surface area contributed by atoms with Gasteiger partial charge in [0.15, 0.2) is 0 Å². The lowest BCUT2D eigenvalue weighted by Gasteiger charge is -2.18. The zero-order valence-electron chi connectivity index (χ0n) is 13.3. The fourth-order valence-electron chi connectivity index (χ4n) is 3.10. The Hall–Kier alpha value is -3.00. The van der Waals surface area contributed by atoms with Crippen LogP contribution in [-0.4, -0.2) is 9.97 Å². The summed E-state index contributed by atoms with van der Waals surface area (Å²) in [6.45, 7) is 0. The van der Waals surface area contributed by atoms with Crippen molar-refractivity contribution in [2.75, 3.05) is 0 Å². The van der Waals surface area contributed by atoms with Crippen molar-refractivity contribution >= 4 is 11.0 Å². The lowest BCUT2D eigenvalue weighted by molar-refractivity contribution is 0.782. The molecular weight excluding hydrogens is 292 g/mol. The summed E-state index contributed by atoms with van der Waals surface area (Å²) in [6.07, 6.45) is 2.74. The Labute approximate surface area is 141 Å². The highest BCUT2D eigenvalue weighted by atomic mass is 14.8. The molecule has 116 valence electrons. The summed E-state index contributed by atoms with van der Waals surface area (Å²) in [5.74, 6) is 0.280. The molecule has 24 heavy (non-hydrogen) atoms. The summed E-state index contributed by atoms with van der Waals surface area (Å²) < 4.78 is 0. The number of hydrogen-bond donors (Lipinski definition) is 0. The summed E-state index contributed by atoms with van der Waals surface area (Å²) in [4.78, 5) is 9.36. The highest BCUT2D eigenvalue weighted by Gasteiger charge is 2.15. The average Bonchev–Trinajstić information content (AvgIpc) is 2.67. The fraction of sp³-hybridized carbons (Fsp3) is 0.0909. The smallest absolute Gasteiger partial charge is 0.0890 e. The van der Waals surface area contributed by atoms with Crippen molar-refractivity contribution in [1.82, 2.24) is 9.97 Å². The second kappa shape index (κ2) is 6.63. The van der Waals surface area contributed by atoms with Gasteiger partial charge < -0.3 is 0 Å². The van der Waals surface area contributed by atoms with E-state index in [1.165, 1.54) is 11.1 Å². The zero-order valence-corrected chi connectivity index (χ0v) is 13.3. The van der Waals surface area contributed by atoms with Gasteiger partial charge in [-0.05, 0) is 23.3 Å². The average molecular weight is 310 g/mol. The van der Waals surface area contributed by atoms with Gasteiger partial charge >= 0.3 is 0 Å². The van der Waals surface area contributed by atoms with Crippen LogP contribution in [0.2, 0.25) is 0 Å². The monoisotopic (exact) mass is 310 g/mol. The molecule has 0 aliphatic rings. The lowest BCUT2D eigenvalue weighted by Crippen LogP contribution is -2.07. The van der Waals surface area contributed by atoms with Gasteiger partial charge in [-0.25, -0.2) is 4.98 Å². The second-order valence-electron chi connectivity index (χ2n) is 5.93. The van der Waals surface area contributed by atoms with Crippen LogP contribution in [0.25, 0.3) is 11.0 Å². The molecule has 0 saturated heterocycles. The maximum atomic E-state index is 4.80. The number of benzene rings is 3. The molecule has 0 radical (unpaired) electrons. The van der Waals surface area contributed by atoms with Crippen LogP contribution in [0, 0.1) is 0 Å². The van der Waals surface area contributed by atoms with Crippen LogP contribution >= 0.6 is 0 Å². The minimum atomic E-state index is 0.280. The lowest BCUT2D eigenvalue weighted by atomic mass is 9.87. The van der Waals surface area contributed by atoms with Crippen molar-refractivity contribution < 1.29 is 0 Å². The largest absolute Gasteiger partial charge is 0.253 e. The first-order valence-electron chi connectivity index (χ1n) is 8.21. The minimum Gasteiger partial charge on any atom is -0.253 e. The molecule has 4 aromatic rings. The summed E-state index contributed by atoms with van der Waals surface area (Å²) in [5, 5.41) is 0.